The summed E-state index contributed by atoms with van der Waals surface area (Å²) in [5, 5.41) is 11.0. The van der Waals surface area contributed by atoms with Crippen molar-refractivity contribution in [3.8, 4) is 12.3 Å². The van der Waals surface area contributed by atoms with E-state index in [2.05, 4.69) is 11.2 Å². The van der Waals surface area contributed by atoms with Crippen LogP contribution in [-0.2, 0) is 9.59 Å². The lowest BCUT2D eigenvalue weighted by atomic mass is 9.78. The number of hydrogen-bond donors (Lipinski definition) is 2. The van der Waals surface area contributed by atoms with E-state index < -0.39 is 35.9 Å². The van der Waals surface area contributed by atoms with E-state index in [9.17, 15) is 22.8 Å². The molecule has 0 heterocycles. The monoisotopic (exact) mass is 291 g/mol. The maximum absolute atomic E-state index is 12.9. The first-order valence-corrected chi connectivity index (χ1v) is 6.30. The van der Waals surface area contributed by atoms with Crippen molar-refractivity contribution in [3.63, 3.8) is 0 Å². The van der Waals surface area contributed by atoms with Crippen LogP contribution >= 0.6 is 0 Å². The Balaban J connectivity index is 2.78. The van der Waals surface area contributed by atoms with Gasteiger partial charge in [-0.1, -0.05) is 12.8 Å². The zero-order valence-corrected chi connectivity index (χ0v) is 10.7. The first kappa shape index (κ1) is 16.3. The van der Waals surface area contributed by atoms with Gasteiger partial charge in [0.1, 0.15) is 6.04 Å². The third-order valence-electron chi connectivity index (χ3n) is 3.46. The van der Waals surface area contributed by atoms with Gasteiger partial charge in [0, 0.05) is 12.3 Å². The number of carbonyl (C=O) groups is 2. The van der Waals surface area contributed by atoms with Gasteiger partial charge in [0.15, 0.2) is 0 Å². The summed E-state index contributed by atoms with van der Waals surface area (Å²) in [6, 6.07) is -1.34. The molecule has 0 saturated heterocycles. The van der Waals surface area contributed by atoms with E-state index in [1.165, 1.54) is 0 Å². The lowest BCUT2D eigenvalue weighted by Gasteiger charge is -2.32. The number of terminal acetylenes is 1. The van der Waals surface area contributed by atoms with E-state index in [1.54, 1.807) is 0 Å². The van der Waals surface area contributed by atoms with Crippen molar-refractivity contribution in [3.05, 3.63) is 0 Å². The normalized spacial score (nSPS) is 24.5. The molecule has 20 heavy (non-hydrogen) atoms. The molecule has 0 aromatic heterocycles. The molecule has 0 radical (unpaired) electrons. The summed E-state index contributed by atoms with van der Waals surface area (Å²) >= 11 is 0. The van der Waals surface area contributed by atoms with Gasteiger partial charge in [-0.15, -0.1) is 12.3 Å². The van der Waals surface area contributed by atoms with Crippen molar-refractivity contribution < 1.29 is 27.9 Å². The van der Waals surface area contributed by atoms with Crippen molar-refractivity contribution in [1.29, 1.82) is 0 Å². The quantitative estimate of drug-likeness (QED) is 0.778. The van der Waals surface area contributed by atoms with Crippen LogP contribution in [0.1, 0.15) is 32.1 Å². The highest BCUT2D eigenvalue weighted by molar-refractivity contribution is 5.85. The fourth-order valence-electron chi connectivity index (χ4n) is 2.43. The van der Waals surface area contributed by atoms with Gasteiger partial charge in [0.2, 0.25) is 5.91 Å². The fraction of sp³-hybridized carbons (Fsp3) is 0.692. The molecule has 0 spiro atoms. The molecule has 0 aromatic rings. The number of carboxylic acid groups (broad SMARTS) is 1. The number of hydrogen-bond acceptors (Lipinski definition) is 2. The van der Waals surface area contributed by atoms with Crippen LogP contribution in [0.5, 0.6) is 0 Å². The van der Waals surface area contributed by atoms with Crippen LogP contribution in [0.15, 0.2) is 0 Å². The minimum absolute atomic E-state index is 0.103. The third kappa shape index (κ3) is 4.15. The average molecular weight is 291 g/mol. The van der Waals surface area contributed by atoms with Crippen LogP contribution in [0, 0.1) is 24.2 Å². The SMILES string of the molecule is C#CCC(NC(=O)C1CCCCC1C(F)(F)F)C(=O)O. The number of nitrogens with one attached hydrogen (secondary N) is 1. The van der Waals surface area contributed by atoms with Gasteiger partial charge < -0.3 is 10.4 Å². The van der Waals surface area contributed by atoms with Gasteiger partial charge >= 0.3 is 12.1 Å². The summed E-state index contributed by atoms with van der Waals surface area (Å²) in [6.45, 7) is 0. The van der Waals surface area contributed by atoms with Crippen LogP contribution in [-0.4, -0.2) is 29.2 Å². The molecule has 0 bridgehead atoms. The highest BCUT2D eigenvalue weighted by Crippen LogP contribution is 2.41. The Morgan fingerprint density at radius 2 is 1.95 bits per heavy atom. The minimum Gasteiger partial charge on any atom is -0.480 e. The molecule has 4 nitrogen and oxygen atoms in total. The van der Waals surface area contributed by atoms with Crippen molar-refractivity contribution in [2.75, 3.05) is 0 Å². The van der Waals surface area contributed by atoms with Crippen LogP contribution < -0.4 is 5.32 Å². The van der Waals surface area contributed by atoms with E-state index >= 15 is 0 Å². The molecule has 1 aliphatic carbocycles. The number of halogens is 3. The second-order valence-electron chi connectivity index (χ2n) is 4.85. The highest BCUT2D eigenvalue weighted by atomic mass is 19.4. The van der Waals surface area contributed by atoms with E-state index in [0.29, 0.717) is 12.8 Å². The van der Waals surface area contributed by atoms with E-state index in [4.69, 9.17) is 11.5 Å². The van der Waals surface area contributed by atoms with Gasteiger partial charge in [0.05, 0.1) is 5.92 Å². The Bertz CT molecular complexity index is 414. The number of amides is 1. The van der Waals surface area contributed by atoms with Gasteiger partial charge in [-0.3, -0.25) is 4.79 Å². The van der Waals surface area contributed by atoms with Gasteiger partial charge in [-0.05, 0) is 12.8 Å². The average Bonchev–Trinajstić information content (AvgIpc) is 2.37. The van der Waals surface area contributed by atoms with Gasteiger partial charge in [-0.2, -0.15) is 13.2 Å². The van der Waals surface area contributed by atoms with Crippen LogP contribution in [0.3, 0.4) is 0 Å². The second-order valence-corrected chi connectivity index (χ2v) is 4.85. The molecule has 1 rings (SSSR count). The molecule has 2 N–H and O–H groups in total. The molecule has 0 aromatic carbocycles. The molecule has 1 aliphatic rings. The third-order valence-corrected chi connectivity index (χ3v) is 3.46. The van der Waals surface area contributed by atoms with Gasteiger partial charge in [0.25, 0.3) is 0 Å². The Morgan fingerprint density at radius 1 is 1.35 bits per heavy atom. The van der Waals surface area contributed by atoms with E-state index in [1.807, 2.05) is 0 Å². The summed E-state index contributed by atoms with van der Waals surface area (Å²) in [5.41, 5.74) is 0. The van der Waals surface area contributed by atoms with Crippen molar-refractivity contribution in [1.82, 2.24) is 5.32 Å². The molecule has 3 atom stereocenters. The molecule has 7 heteroatoms. The molecule has 0 aliphatic heterocycles. The summed E-state index contributed by atoms with van der Waals surface area (Å²) < 4.78 is 38.6. The van der Waals surface area contributed by atoms with Crippen LogP contribution in [0.25, 0.3) is 0 Å². The van der Waals surface area contributed by atoms with Gasteiger partial charge in [-0.25, -0.2) is 4.79 Å². The molecular weight excluding hydrogens is 275 g/mol. The van der Waals surface area contributed by atoms with Crippen molar-refractivity contribution in [2.45, 2.75) is 44.3 Å². The zero-order chi connectivity index (χ0) is 15.3. The predicted molar refractivity (Wildman–Crippen MR) is 64.5 cm³/mol. The first-order chi connectivity index (χ1) is 9.27. The van der Waals surface area contributed by atoms with E-state index in [-0.39, 0.29) is 19.3 Å². The first-order valence-electron chi connectivity index (χ1n) is 6.30. The fourth-order valence-corrected chi connectivity index (χ4v) is 2.43. The van der Waals surface area contributed by atoms with E-state index in [0.717, 1.165) is 0 Å². The molecule has 1 amide bonds. The highest BCUT2D eigenvalue weighted by Gasteiger charge is 2.48. The largest absolute Gasteiger partial charge is 0.480 e. The number of aliphatic carboxylic acids is 1. The Morgan fingerprint density at radius 3 is 2.45 bits per heavy atom. The molecule has 1 saturated carbocycles. The number of carbonyl (C=O) groups excluding carboxylic acids is 1. The summed E-state index contributed by atoms with van der Waals surface area (Å²) in [6.07, 6.45) is 1.21. The minimum atomic E-state index is -4.45. The van der Waals surface area contributed by atoms with Crippen molar-refractivity contribution >= 4 is 11.9 Å². The molecule has 1 fully saturated rings. The maximum atomic E-state index is 12.9. The standard InChI is InChI=1S/C13H16F3NO3/c1-2-5-10(12(19)20)17-11(18)8-6-3-4-7-9(8)13(14,15)16/h1,8-10H,3-7H2,(H,17,18)(H,19,20). The second kappa shape index (κ2) is 6.64. The molecule has 3 unspecified atom stereocenters. The number of carboxylic acids is 1. The summed E-state index contributed by atoms with van der Waals surface area (Å²) in [4.78, 5) is 22.8. The van der Waals surface area contributed by atoms with Crippen LogP contribution in [0.2, 0.25) is 0 Å². The topological polar surface area (TPSA) is 66.4 Å². The molecular formula is C13H16F3NO3. The lowest BCUT2D eigenvalue weighted by molar-refractivity contribution is -0.198. The zero-order valence-electron chi connectivity index (χ0n) is 10.7. The summed E-state index contributed by atoms with van der Waals surface area (Å²) in [7, 11) is 0. The Labute approximate surface area is 114 Å². The van der Waals surface area contributed by atoms with Crippen LogP contribution in [0.4, 0.5) is 13.2 Å². The maximum Gasteiger partial charge on any atom is 0.392 e. The predicted octanol–water partition coefficient (Wildman–Crippen LogP) is 1.95. The van der Waals surface area contributed by atoms with Crippen molar-refractivity contribution in [2.24, 2.45) is 11.8 Å². The molecule has 112 valence electrons. The smallest absolute Gasteiger partial charge is 0.392 e. The number of rotatable bonds is 4. The lowest BCUT2D eigenvalue weighted by Crippen LogP contribution is -2.48. The Hall–Kier alpha value is -1.71. The summed E-state index contributed by atoms with van der Waals surface area (Å²) in [5.74, 6) is -3.09. The number of alkyl halides is 3. The Kier molecular flexibility index (Phi) is 5.43.